The molecule has 0 aliphatic carbocycles. The number of nitro groups is 1. The van der Waals surface area contributed by atoms with Crippen LogP contribution in [0.5, 0.6) is 11.5 Å². The summed E-state index contributed by atoms with van der Waals surface area (Å²) in [5, 5.41) is 19.8. The monoisotopic (exact) mass is 350 g/mol. The Morgan fingerprint density at radius 3 is 2.71 bits per heavy atom. The van der Waals surface area contributed by atoms with Gasteiger partial charge in [0.05, 0.1) is 15.0 Å². The number of nitriles is 1. The van der Waals surface area contributed by atoms with Crippen LogP contribution in [0, 0.1) is 34.2 Å². The number of aryl methyl sites for hydroxylation is 1. The smallest absolute Gasteiger partial charge is 0.311 e. The van der Waals surface area contributed by atoms with Crippen molar-refractivity contribution in [2.45, 2.75) is 6.92 Å². The van der Waals surface area contributed by atoms with E-state index in [1.165, 1.54) is 24.3 Å². The molecule has 0 unspecified atom stereocenters. The molecule has 0 spiro atoms. The van der Waals surface area contributed by atoms with Gasteiger partial charge in [0, 0.05) is 6.07 Å². The van der Waals surface area contributed by atoms with Crippen LogP contribution in [0.25, 0.3) is 0 Å². The van der Waals surface area contributed by atoms with Crippen LogP contribution in [-0.4, -0.2) is 4.92 Å². The second kappa shape index (κ2) is 5.89. The van der Waals surface area contributed by atoms with E-state index in [0.29, 0.717) is 5.56 Å². The zero-order valence-corrected chi connectivity index (χ0v) is 12.3. The largest absolute Gasteiger partial charge is 0.447 e. The Balaban J connectivity index is 2.52. The fraction of sp³-hybridized carbons (Fsp3) is 0.0714. The molecule has 0 saturated carbocycles. The predicted molar refractivity (Wildman–Crippen MR) is 76.7 cm³/mol. The van der Waals surface area contributed by atoms with Crippen LogP contribution in [0.4, 0.5) is 10.1 Å². The summed E-state index contributed by atoms with van der Waals surface area (Å²) in [5.74, 6) is -1.01. The minimum absolute atomic E-state index is 0.0296. The van der Waals surface area contributed by atoms with Crippen LogP contribution in [0.2, 0.25) is 0 Å². The van der Waals surface area contributed by atoms with E-state index < -0.39 is 10.7 Å². The first-order valence-electron chi connectivity index (χ1n) is 5.75. The number of hydrogen-bond donors (Lipinski definition) is 0. The lowest BCUT2D eigenvalue weighted by atomic mass is 10.2. The molecule has 2 aromatic carbocycles. The van der Waals surface area contributed by atoms with Crippen molar-refractivity contribution in [2.75, 3.05) is 0 Å². The number of benzene rings is 2. The van der Waals surface area contributed by atoms with Crippen LogP contribution < -0.4 is 4.74 Å². The number of hydrogen-bond acceptors (Lipinski definition) is 4. The van der Waals surface area contributed by atoms with E-state index in [9.17, 15) is 14.5 Å². The zero-order valence-electron chi connectivity index (χ0n) is 10.8. The Kier molecular flexibility index (Phi) is 4.19. The highest BCUT2D eigenvalue weighted by atomic mass is 79.9. The van der Waals surface area contributed by atoms with E-state index in [-0.39, 0.29) is 27.2 Å². The number of halogens is 2. The highest BCUT2D eigenvalue weighted by Crippen LogP contribution is 2.37. The Hall–Kier alpha value is -2.46. The van der Waals surface area contributed by atoms with Gasteiger partial charge in [-0.1, -0.05) is 12.1 Å². The molecular formula is C14H8BrFN2O3. The first kappa shape index (κ1) is 14.9. The number of para-hydroxylation sites is 1. The number of rotatable bonds is 3. The van der Waals surface area contributed by atoms with Gasteiger partial charge >= 0.3 is 5.69 Å². The third-order valence-corrected chi connectivity index (χ3v) is 3.54. The molecule has 0 aliphatic rings. The number of nitro benzene ring substituents is 1. The van der Waals surface area contributed by atoms with E-state index in [1.54, 1.807) is 13.0 Å². The molecule has 0 aliphatic heterocycles. The van der Waals surface area contributed by atoms with Gasteiger partial charge in [0.2, 0.25) is 5.75 Å². The Morgan fingerprint density at radius 1 is 1.38 bits per heavy atom. The first-order valence-corrected chi connectivity index (χ1v) is 6.55. The lowest BCUT2D eigenvalue weighted by molar-refractivity contribution is -0.385. The molecule has 0 fully saturated rings. The maximum absolute atomic E-state index is 14.1. The molecule has 106 valence electrons. The average molecular weight is 351 g/mol. The molecule has 0 heterocycles. The van der Waals surface area contributed by atoms with Crippen molar-refractivity contribution in [3.05, 3.63) is 61.9 Å². The molecular weight excluding hydrogens is 343 g/mol. The van der Waals surface area contributed by atoms with E-state index in [0.717, 1.165) is 0 Å². The minimum atomic E-state index is -0.786. The summed E-state index contributed by atoms with van der Waals surface area (Å²) in [4.78, 5) is 10.4. The molecule has 0 saturated heterocycles. The third kappa shape index (κ3) is 2.85. The van der Waals surface area contributed by atoms with Crippen molar-refractivity contribution in [1.82, 2.24) is 0 Å². The highest BCUT2D eigenvalue weighted by Gasteiger charge is 2.20. The zero-order chi connectivity index (χ0) is 15.6. The summed E-state index contributed by atoms with van der Waals surface area (Å²) < 4.78 is 19.4. The van der Waals surface area contributed by atoms with Gasteiger partial charge in [0.15, 0.2) is 11.6 Å². The van der Waals surface area contributed by atoms with Crippen molar-refractivity contribution in [2.24, 2.45) is 0 Å². The second-order valence-electron chi connectivity index (χ2n) is 4.13. The van der Waals surface area contributed by atoms with Gasteiger partial charge < -0.3 is 4.74 Å². The minimum Gasteiger partial charge on any atom is -0.447 e. The molecule has 7 heteroatoms. The molecule has 2 aromatic rings. The van der Waals surface area contributed by atoms with Crippen LogP contribution in [-0.2, 0) is 0 Å². The lowest BCUT2D eigenvalue weighted by Crippen LogP contribution is -1.98. The number of nitrogens with zero attached hydrogens (tertiary/aromatic N) is 2. The maximum Gasteiger partial charge on any atom is 0.311 e. The number of ether oxygens (including phenoxy) is 1. The standard InChI is InChI=1S/C14H8BrFN2O3/c1-8-3-2-4-10(18(19)20)14(8)21-11-6-5-9(7-17)12(15)13(11)16/h2-6H,1H3. The summed E-state index contributed by atoms with van der Waals surface area (Å²) in [5.41, 5.74) is 0.359. The summed E-state index contributed by atoms with van der Waals surface area (Å²) in [6.07, 6.45) is 0. The van der Waals surface area contributed by atoms with Crippen LogP contribution in [0.3, 0.4) is 0 Å². The SMILES string of the molecule is Cc1cccc([N+](=O)[O-])c1Oc1ccc(C#N)c(Br)c1F. The third-order valence-electron chi connectivity index (χ3n) is 2.77. The van der Waals surface area contributed by atoms with Crippen molar-refractivity contribution in [3.63, 3.8) is 0 Å². The highest BCUT2D eigenvalue weighted by molar-refractivity contribution is 9.10. The fourth-order valence-corrected chi connectivity index (χ4v) is 2.14. The van der Waals surface area contributed by atoms with Crippen LogP contribution >= 0.6 is 15.9 Å². The van der Waals surface area contributed by atoms with Crippen molar-refractivity contribution in [1.29, 1.82) is 5.26 Å². The average Bonchev–Trinajstić information content (AvgIpc) is 2.45. The quantitative estimate of drug-likeness (QED) is 0.604. The Bertz CT molecular complexity index is 772. The van der Waals surface area contributed by atoms with Crippen LogP contribution in [0.15, 0.2) is 34.8 Å². The van der Waals surface area contributed by atoms with E-state index in [2.05, 4.69) is 15.9 Å². The molecule has 5 nitrogen and oxygen atoms in total. The first-order chi connectivity index (χ1) is 9.95. The molecule has 0 aromatic heterocycles. The van der Waals surface area contributed by atoms with Gasteiger partial charge in [-0.15, -0.1) is 0 Å². The van der Waals surface area contributed by atoms with E-state index >= 15 is 0 Å². The molecule has 2 rings (SSSR count). The van der Waals surface area contributed by atoms with Gasteiger partial charge in [-0.2, -0.15) is 5.26 Å². The predicted octanol–water partition coefficient (Wildman–Crippen LogP) is 4.47. The van der Waals surface area contributed by atoms with Gasteiger partial charge in [0.25, 0.3) is 0 Å². The second-order valence-corrected chi connectivity index (χ2v) is 4.93. The summed E-state index contributed by atoms with van der Waals surface area (Å²) >= 11 is 2.96. The van der Waals surface area contributed by atoms with Gasteiger partial charge in [0.1, 0.15) is 6.07 Å². The maximum atomic E-state index is 14.1. The molecule has 0 atom stereocenters. The molecule has 0 radical (unpaired) electrons. The molecule has 0 bridgehead atoms. The Morgan fingerprint density at radius 2 is 2.10 bits per heavy atom. The van der Waals surface area contributed by atoms with Crippen LogP contribution in [0.1, 0.15) is 11.1 Å². The molecule has 0 N–H and O–H groups in total. The summed E-state index contributed by atoms with van der Waals surface area (Å²) in [6, 6.07) is 8.86. The van der Waals surface area contributed by atoms with E-state index in [4.69, 9.17) is 10.00 Å². The molecule has 0 amide bonds. The van der Waals surface area contributed by atoms with Crippen molar-refractivity contribution < 1.29 is 14.1 Å². The summed E-state index contributed by atoms with van der Waals surface area (Å²) in [6.45, 7) is 1.62. The molecule has 21 heavy (non-hydrogen) atoms. The fourth-order valence-electron chi connectivity index (χ4n) is 1.72. The van der Waals surface area contributed by atoms with Gasteiger partial charge in [-0.3, -0.25) is 10.1 Å². The van der Waals surface area contributed by atoms with Crippen molar-refractivity contribution >= 4 is 21.6 Å². The van der Waals surface area contributed by atoms with Crippen molar-refractivity contribution in [3.8, 4) is 17.6 Å². The Labute approximate surface area is 127 Å². The van der Waals surface area contributed by atoms with E-state index in [1.807, 2.05) is 6.07 Å². The summed E-state index contributed by atoms with van der Waals surface area (Å²) in [7, 11) is 0. The van der Waals surface area contributed by atoms with Gasteiger partial charge in [-0.05, 0) is 40.5 Å². The normalized spacial score (nSPS) is 10.0. The van der Waals surface area contributed by atoms with Gasteiger partial charge in [-0.25, -0.2) is 4.39 Å². The topological polar surface area (TPSA) is 76.2 Å². The lowest BCUT2D eigenvalue weighted by Gasteiger charge is -2.10.